The first-order chi connectivity index (χ1) is 9.93. The fraction of sp³-hybridized carbons (Fsp3) is 0.571. The van der Waals surface area contributed by atoms with Gasteiger partial charge in [0.25, 0.3) is 0 Å². The average molecular weight is 333 g/mol. The van der Waals surface area contributed by atoms with E-state index in [1.54, 1.807) is 11.4 Å². The second-order valence-corrected chi connectivity index (χ2v) is 6.48. The predicted molar refractivity (Wildman–Crippen MR) is 77.5 cm³/mol. The normalized spacial score (nSPS) is 20.2. The van der Waals surface area contributed by atoms with Gasteiger partial charge in [-0.2, -0.15) is 5.26 Å². The van der Waals surface area contributed by atoms with E-state index in [0.29, 0.717) is 24.4 Å². The van der Waals surface area contributed by atoms with E-state index in [0.717, 1.165) is 5.56 Å². The number of amides is 1. The Balaban J connectivity index is 2.01. The highest BCUT2D eigenvalue weighted by molar-refractivity contribution is 7.10. The summed E-state index contributed by atoms with van der Waals surface area (Å²) in [6, 6.07) is 3.75. The molecule has 0 spiro atoms. The summed E-state index contributed by atoms with van der Waals surface area (Å²) in [6.45, 7) is 0.602. The minimum atomic E-state index is -2.61. The zero-order valence-corrected chi connectivity index (χ0v) is 12.9. The van der Waals surface area contributed by atoms with Crippen LogP contribution in [-0.2, 0) is 11.3 Å². The third-order valence-corrected chi connectivity index (χ3v) is 4.70. The molecule has 0 N–H and O–H groups in total. The van der Waals surface area contributed by atoms with Crippen molar-refractivity contribution in [3.63, 3.8) is 0 Å². The van der Waals surface area contributed by atoms with Gasteiger partial charge in [-0.15, -0.1) is 22.9 Å². The highest BCUT2D eigenvalue weighted by Gasteiger charge is 2.40. The molecule has 114 valence electrons. The van der Waals surface area contributed by atoms with Crippen LogP contribution in [0.25, 0.3) is 0 Å². The van der Waals surface area contributed by atoms with Crippen molar-refractivity contribution in [1.82, 2.24) is 4.90 Å². The number of nitrogens with zero attached hydrogens (tertiary/aromatic N) is 2. The Labute approximate surface area is 131 Å². The topological polar surface area (TPSA) is 44.1 Å². The smallest absolute Gasteiger partial charge is 0.248 e. The third kappa shape index (κ3) is 4.39. The van der Waals surface area contributed by atoms with Crippen LogP contribution in [0.3, 0.4) is 0 Å². The zero-order valence-electron chi connectivity index (χ0n) is 11.3. The molecule has 1 fully saturated rings. The lowest BCUT2D eigenvalue weighted by Gasteiger charge is -2.24. The summed E-state index contributed by atoms with van der Waals surface area (Å²) < 4.78 is 26.5. The van der Waals surface area contributed by atoms with Crippen LogP contribution in [0, 0.1) is 17.2 Å². The molecule has 2 rings (SSSR count). The minimum Gasteiger partial charge on any atom is -0.337 e. The van der Waals surface area contributed by atoms with Crippen molar-refractivity contribution in [2.75, 3.05) is 12.4 Å². The molecule has 0 aromatic carbocycles. The molecular formula is C14H15ClF2N2OS. The van der Waals surface area contributed by atoms with E-state index in [4.69, 9.17) is 16.9 Å². The van der Waals surface area contributed by atoms with Gasteiger partial charge in [-0.3, -0.25) is 4.79 Å². The van der Waals surface area contributed by atoms with E-state index >= 15 is 0 Å². The number of carbonyl (C=O) groups is 1. The molecule has 1 unspecified atom stereocenters. The number of halogens is 3. The molecule has 1 saturated carbocycles. The van der Waals surface area contributed by atoms with Crippen LogP contribution in [0.1, 0.15) is 29.7 Å². The summed E-state index contributed by atoms with van der Waals surface area (Å²) in [5.74, 6) is -3.24. The number of hydrogen-bond donors (Lipinski definition) is 0. The fourth-order valence-corrected chi connectivity index (χ4v) is 3.45. The van der Waals surface area contributed by atoms with Crippen molar-refractivity contribution in [2.24, 2.45) is 5.92 Å². The Hall–Kier alpha value is -1.19. The Kier molecular flexibility index (Phi) is 5.17. The molecule has 1 aromatic rings. The Morgan fingerprint density at radius 1 is 1.62 bits per heavy atom. The summed E-state index contributed by atoms with van der Waals surface area (Å²) in [7, 11) is 0. The first kappa shape index (κ1) is 16.2. The lowest BCUT2D eigenvalue weighted by Crippen LogP contribution is -2.35. The van der Waals surface area contributed by atoms with Crippen LogP contribution in [0.4, 0.5) is 8.78 Å². The van der Waals surface area contributed by atoms with Gasteiger partial charge in [-0.1, -0.05) is 0 Å². The average Bonchev–Trinajstić information content (AvgIpc) is 3.03. The maximum atomic E-state index is 13.2. The summed E-state index contributed by atoms with van der Waals surface area (Å²) in [5, 5.41) is 10.6. The zero-order chi connectivity index (χ0) is 15.5. The van der Waals surface area contributed by atoms with Crippen molar-refractivity contribution in [3.8, 4) is 6.07 Å². The molecule has 7 heteroatoms. The molecule has 0 bridgehead atoms. The van der Waals surface area contributed by atoms with Crippen molar-refractivity contribution >= 4 is 28.8 Å². The van der Waals surface area contributed by atoms with Crippen molar-refractivity contribution < 1.29 is 13.6 Å². The molecule has 1 amide bonds. The van der Waals surface area contributed by atoms with Crippen LogP contribution in [0.15, 0.2) is 11.4 Å². The standard InChI is InChI=1S/C14H15ClF2N2OS/c15-5-13(20)19(7-10-1-2-14(16,17)4-10)8-11-3-12(6-18)21-9-11/h3,9-10H,1-2,4-5,7-8H2. The van der Waals surface area contributed by atoms with Crippen LogP contribution >= 0.6 is 22.9 Å². The maximum absolute atomic E-state index is 13.2. The number of hydrogen-bond acceptors (Lipinski definition) is 3. The van der Waals surface area contributed by atoms with Gasteiger partial charge in [0.15, 0.2) is 0 Å². The number of carbonyl (C=O) groups excluding carboxylic acids is 1. The van der Waals surface area contributed by atoms with Crippen LogP contribution in [0.2, 0.25) is 0 Å². The predicted octanol–water partition coefficient (Wildman–Crippen LogP) is 3.62. The molecule has 1 atom stereocenters. The largest absolute Gasteiger partial charge is 0.337 e. The van der Waals surface area contributed by atoms with Gasteiger partial charge >= 0.3 is 0 Å². The van der Waals surface area contributed by atoms with E-state index in [2.05, 4.69) is 0 Å². The molecule has 1 aliphatic rings. The van der Waals surface area contributed by atoms with Crippen molar-refractivity contribution in [3.05, 3.63) is 21.9 Å². The van der Waals surface area contributed by atoms with Gasteiger partial charge in [-0.05, 0) is 29.3 Å². The first-order valence-electron chi connectivity index (χ1n) is 6.62. The van der Waals surface area contributed by atoms with E-state index in [1.165, 1.54) is 16.2 Å². The molecule has 1 heterocycles. The molecule has 3 nitrogen and oxygen atoms in total. The second kappa shape index (κ2) is 6.71. The summed E-state index contributed by atoms with van der Waals surface area (Å²) in [5.41, 5.74) is 0.833. The van der Waals surface area contributed by atoms with Gasteiger partial charge in [0, 0.05) is 25.9 Å². The lowest BCUT2D eigenvalue weighted by atomic mass is 10.1. The lowest BCUT2D eigenvalue weighted by molar-refractivity contribution is -0.129. The van der Waals surface area contributed by atoms with Gasteiger partial charge in [0.2, 0.25) is 11.8 Å². The fourth-order valence-electron chi connectivity index (χ4n) is 2.59. The van der Waals surface area contributed by atoms with E-state index in [9.17, 15) is 13.6 Å². The Morgan fingerprint density at radius 2 is 2.38 bits per heavy atom. The highest BCUT2D eigenvalue weighted by atomic mass is 35.5. The minimum absolute atomic E-state index is 0.113. The van der Waals surface area contributed by atoms with Crippen molar-refractivity contribution in [1.29, 1.82) is 5.26 Å². The van der Waals surface area contributed by atoms with Crippen LogP contribution in [-0.4, -0.2) is 29.2 Å². The third-order valence-electron chi connectivity index (χ3n) is 3.59. The van der Waals surface area contributed by atoms with Gasteiger partial charge in [0.05, 0.1) is 0 Å². The second-order valence-electron chi connectivity index (χ2n) is 5.30. The Bertz CT molecular complexity index is 555. The molecule has 0 radical (unpaired) electrons. The molecule has 1 aromatic heterocycles. The molecule has 1 aliphatic carbocycles. The molecular weight excluding hydrogens is 318 g/mol. The maximum Gasteiger partial charge on any atom is 0.248 e. The summed E-state index contributed by atoms with van der Waals surface area (Å²) >= 11 is 6.90. The number of alkyl halides is 3. The van der Waals surface area contributed by atoms with Gasteiger partial charge in [0.1, 0.15) is 16.8 Å². The highest BCUT2D eigenvalue weighted by Crippen LogP contribution is 2.39. The number of thiophene rings is 1. The number of nitriles is 1. The van der Waals surface area contributed by atoms with Crippen LogP contribution in [0.5, 0.6) is 0 Å². The summed E-state index contributed by atoms with van der Waals surface area (Å²) in [4.78, 5) is 14.0. The summed E-state index contributed by atoms with van der Waals surface area (Å²) in [6.07, 6.45) is 0.135. The van der Waals surface area contributed by atoms with E-state index < -0.39 is 5.92 Å². The quantitative estimate of drug-likeness (QED) is 0.773. The Morgan fingerprint density at radius 3 is 2.90 bits per heavy atom. The van der Waals surface area contributed by atoms with E-state index in [1.807, 2.05) is 6.07 Å². The monoisotopic (exact) mass is 332 g/mol. The first-order valence-corrected chi connectivity index (χ1v) is 8.04. The van der Waals surface area contributed by atoms with Crippen LogP contribution < -0.4 is 0 Å². The number of rotatable bonds is 5. The van der Waals surface area contributed by atoms with Gasteiger partial charge < -0.3 is 4.90 Å². The van der Waals surface area contributed by atoms with Gasteiger partial charge in [-0.25, -0.2) is 8.78 Å². The molecule has 21 heavy (non-hydrogen) atoms. The van der Waals surface area contributed by atoms with Crippen molar-refractivity contribution in [2.45, 2.75) is 31.7 Å². The molecule has 0 aliphatic heterocycles. The molecule has 0 saturated heterocycles. The SMILES string of the molecule is N#Cc1cc(CN(CC2CCC(F)(F)C2)C(=O)CCl)cs1. The van der Waals surface area contributed by atoms with E-state index in [-0.39, 0.29) is 30.5 Å².